The molecule has 0 atom stereocenters. The van der Waals surface area contributed by atoms with E-state index < -0.39 is 23.6 Å². The number of rotatable bonds is 4. The molecule has 0 aromatic carbocycles. The fourth-order valence-electron chi connectivity index (χ4n) is 2.50. The number of halogens is 3. The molecule has 3 rings (SSSR count). The van der Waals surface area contributed by atoms with Crippen LogP contribution in [0.2, 0.25) is 5.02 Å². The maximum absolute atomic E-state index is 14.2. The van der Waals surface area contributed by atoms with Gasteiger partial charge in [-0.3, -0.25) is 14.3 Å². The molecule has 0 bridgehead atoms. The van der Waals surface area contributed by atoms with Gasteiger partial charge >= 0.3 is 0 Å². The smallest absolute Gasteiger partial charge is 0.277 e. The normalized spacial score (nSPS) is 12.5. The van der Waals surface area contributed by atoms with Crippen LogP contribution in [0.1, 0.15) is 25.3 Å². The zero-order valence-electron chi connectivity index (χ0n) is 16.7. The van der Waals surface area contributed by atoms with E-state index in [1.165, 1.54) is 16.8 Å². The zero-order chi connectivity index (χ0) is 21.5. The van der Waals surface area contributed by atoms with E-state index >= 15 is 0 Å². The van der Waals surface area contributed by atoms with E-state index in [1.807, 2.05) is 0 Å². The second-order valence-corrected chi connectivity index (χ2v) is 7.14. The van der Waals surface area contributed by atoms with Crippen LogP contribution in [-0.2, 0) is 6.56 Å². The third-order valence-corrected chi connectivity index (χ3v) is 4.60. The minimum Gasteiger partial charge on any atom is -0.485 e. The Kier molecular flexibility index (Phi) is 4.87. The van der Waals surface area contributed by atoms with Gasteiger partial charge in [0.25, 0.3) is 5.56 Å². The SMILES string of the molecule is [2H]C([2H])(Oc1cc(C)n(-c2cc(Br)ncc2C)c(=O)c1Cl)c1ncc(C)cc1F. The van der Waals surface area contributed by atoms with Crippen LogP contribution >= 0.6 is 27.5 Å². The second kappa shape index (κ2) is 7.78. The van der Waals surface area contributed by atoms with Crippen LogP contribution in [0.3, 0.4) is 0 Å². The van der Waals surface area contributed by atoms with Crippen molar-refractivity contribution >= 4 is 27.5 Å². The quantitative estimate of drug-likeness (QED) is 0.537. The van der Waals surface area contributed by atoms with Crippen molar-refractivity contribution < 1.29 is 11.9 Å². The third kappa shape index (κ3) is 4.04. The molecular weight excluding hydrogens is 437 g/mol. The molecule has 8 heteroatoms. The van der Waals surface area contributed by atoms with Gasteiger partial charge in [0.1, 0.15) is 33.4 Å². The lowest BCUT2D eigenvalue weighted by Crippen LogP contribution is -2.22. The Labute approximate surface area is 171 Å². The summed E-state index contributed by atoms with van der Waals surface area (Å²) in [6.07, 6.45) is 2.93. The first-order valence-electron chi connectivity index (χ1n) is 8.87. The highest BCUT2D eigenvalue weighted by molar-refractivity contribution is 9.10. The Morgan fingerprint density at radius 1 is 1.26 bits per heavy atom. The Balaban J connectivity index is 2.09. The second-order valence-electron chi connectivity index (χ2n) is 5.95. The molecule has 0 aliphatic carbocycles. The van der Waals surface area contributed by atoms with E-state index in [4.69, 9.17) is 19.1 Å². The minimum atomic E-state index is -2.64. The predicted octanol–water partition coefficient (Wildman–Crippen LogP) is 4.69. The summed E-state index contributed by atoms with van der Waals surface area (Å²) in [6.45, 7) is 2.44. The number of aryl methyl sites for hydroxylation is 3. The first-order valence-corrected chi connectivity index (χ1v) is 9.04. The van der Waals surface area contributed by atoms with E-state index in [1.54, 1.807) is 33.0 Å². The monoisotopic (exact) mass is 453 g/mol. The average Bonchev–Trinajstić information content (AvgIpc) is 2.62. The molecule has 0 radical (unpaired) electrons. The number of pyridine rings is 3. The highest BCUT2D eigenvalue weighted by Crippen LogP contribution is 2.26. The molecule has 0 aliphatic rings. The summed E-state index contributed by atoms with van der Waals surface area (Å²) in [5.74, 6) is -1.06. The van der Waals surface area contributed by atoms with Gasteiger partial charge < -0.3 is 4.74 Å². The van der Waals surface area contributed by atoms with Crippen molar-refractivity contribution in [3.63, 3.8) is 0 Å². The summed E-state index contributed by atoms with van der Waals surface area (Å²) in [4.78, 5) is 20.8. The zero-order valence-corrected chi connectivity index (χ0v) is 17.0. The maximum Gasteiger partial charge on any atom is 0.277 e. The number of nitrogens with zero attached hydrogens (tertiary/aromatic N) is 3. The molecule has 3 heterocycles. The van der Waals surface area contributed by atoms with Crippen molar-refractivity contribution in [2.45, 2.75) is 27.3 Å². The molecule has 0 unspecified atom stereocenters. The number of hydrogen-bond donors (Lipinski definition) is 0. The highest BCUT2D eigenvalue weighted by atomic mass is 79.9. The third-order valence-electron chi connectivity index (χ3n) is 3.82. The van der Waals surface area contributed by atoms with Crippen LogP contribution in [0.5, 0.6) is 5.75 Å². The largest absolute Gasteiger partial charge is 0.485 e. The van der Waals surface area contributed by atoms with E-state index in [0.29, 0.717) is 21.5 Å². The van der Waals surface area contributed by atoms with Crippen molar-refractivity contribution in [3.8, 4) is 11.4 Å². The maximum atomic E-state index is 14.2. The number of aromatic nitrogens is 3. The summed E-state index contributed by atoms with van der Waals surface area (Å²) in [7, 11) is 0. The molecular formula is C19H16BrClFN3O2. The van der Waals surface area contributed by atoms with Crippen LogP contribution in [0.25, 0.3) is 5.69 Å². The predicted molar refractivity (Wildman–Crippen MR) is 105 cm³/mol. The van der Waals surface area contributed by atoms with Gasteiger partial charge in [-0.15, -0.1) is 0 Å². The van der Waals surface area contributed by atoms with Crippen LogP contribution in [0.4, 0.5) is 4.39 Å². The Morgan fingerprint density at radius 2 is 2.00 bits per heavy atom. The van der Waals surface area contributed by atoms with Gasteiger partial charge in [-0.05, 0) is 60.0 Å². The molecule has 0 aliphatic heterocycles. The van der Waals surface area contributed by atoms with Crippen molar-refractivity contribution in [1.29, 1.82) is 0 Å². The lowest BCUT2D eigenvalue weighted by Gasteiger charge is -2.16. The molecule has 0 fully saturated rings. The molecule has 0 saturated carbocycles. The van der Waals surface area contributed by atoms with Crippen LogP contribution < -0.4 is 10.3 Å². The van der Waals surface area contributed by atoms with Crippen molar-refractivity contribution in [3.05, 3.63) is 78.9 Å². The molecule has 140 valence electrons. The van der Waals surface area contributed by atoms with Gasteiger partial charge in [0.2, 0.25) is 0 Å². The molecule has 0 N–H and O–H groups in total. The minimum absolute atomic E-state index is 0.206. The standard InChI is InChI=1S/C19H16BrClFN3O2/c1-10-4-13(22)14(23-7-10)9-27-16-5-12(3)25(19(26)18(16)21)15-6-17(20)24-8-11(15)2/h4-8H,9H2,1-3H3/i9D2. The average molecular weight is 455 g/mol. The van der Waals surface area contributed by atoms with Gasteiger partial charge in [-0.25, -0.2) is 9.37 Å². The van der Waals surface area contributed by atoms with E-state index in [9.17, 15) is 9.18 Å². The first-order chi connectivity index (χ1) is 13.5. The van der Waals surface area contributed by atoms with Gasteiger partial charge in [0.05, 0.1) is 8.43 Å². The molecule has 0 amide bonds. The summed E-state index contributed by atoms with van der Waals surface area (Å²) in [6, 6.07) is 4.24. The lowest BCUT2D eigenvalue weighted by molar-refractivity contribution is 0.293. The van der Waals surface area contributed by atoms with Gasteiger partial charge in [0.15, 0.2) is 0 Å². The number of ether oxygens (including phenoxy) is 1. The lowest BCUT2D eigenvalue weighted by atomic mass is 10.2. The first kappa shape index (κ1) is 16.9. The van der Waals surface area contributed by atoms with Crippen LogP contribution in [-0.4, -0.2) is 14.5 Å². The molecule has 3 aromatic heterocycles. The van der Waals surface area contributed by atoms with E-state index in [2.05, 4.69) is 25.9 Å². The van der Waals surface area contributed by atoms with Crippen molar-refractivity contribution in [1.82, 2.24) is 14.5 Å². The molecule has 27 heavy (non-hydrogen) atoms. The van der Waals surface area contributed by atoms with Crippen molar-refractivity contribution in [2.75, 3.05) is 0 Å². The van der Waals surface area contributed by atoms with Crippen molar-refractivity contribution in [2.24, 2.45) is 0 Å². The van der Waals surface area contributed by atoms with E-state index in [0.717, 1.165) is 11.6 Å². The Bertz CT molecular complexity index is 1170. The Morgan fingerprint density at radius 3 is 2.70 bits per heavy atom. The fourth-order valence-corrected chi connectivity index (χ4v) is 2.99. The van der Waals surface area contributed by atoms with Gasteiger partial charge in [-0.1, -0.05) is 11.6 Å². The topological polar surface area (TPSA) is 57.0 Å². The Hall–Kier alpha value is -2.25. The summed E-state index contributed by atoms with van der Waals surface area (Å²) < 4.78 is 37.6. The van der Waals surface area contributed by atoms with Gasteiger partial charge in [0, 0.05) is 24.2 Å². The summed E-state index contributed by atoms with van der Waals surface area (Å²) in [5.41, 5.74) is 1.16. The molecule has 5 nitrogen and oxygen atoms in total. The van der Waals surface area contributed by atoms with Crippen LogP contribution in [0.15, 0.2) is 40.0 Å². The van der Waals surface area contributed by atoms with Gasteiger partial charge in [-0.2, -0.15) is 0 Å². The molecule has 0 spiro atoms. The molecule has 0 saturated heterocycles. The fraction of sp³-hybridized carbons (Fsp3) is 0.211. The molecule has 3 aromatic rings. The summed E-state index contributed by atoms with van der Waals surface area (Å²) >= 11 is 9.48. The number of hydrogen-bond acceptors (Lipinski definition) is 4. The summed E-state index contributed by atoms with van der Waals surface area (Å²) in [5, 5.41) is -0.334. The van der Waals surface area contributed by atoms with E-state index in [-0.39, 0.29) is 10.8 Å². The highest BCUT2D eigenvalue weighted by Gasteiger charge is 2.16. The van der Waals surface area contributed by atoms with Crippen LogP contribution in [0, 0.1) is 26.6 Å².